The molecule has 24 heavy (non-hydrogen) atoms. The van der Waals surface area contributed by atoms with E-state index in [1.165, 1.54) is 14.2 Å². The maximum atomic E-state index is 11.7. The van der Waals surface area contributed by atoms with Gasteiger partial charge in [0.05, 0.1) is 19.3 Å². The predicted octanol–water partition coefficient (Wildman–Crippen LogP) is 0.811. The Hall–Kier alpha value is -2.94. The first-order valence-corrected chi connectivity index (χ1v) is 7.05. The van der Waals surface area contributed by atoms with Crippen LogP contribution >= 0.6 is 0 Å². The number of amides is 1. The standard InChI is InChI=1S/C15H17N3O6/c1-21-8-7-16-13(19)14-17-12(18-24-14)9-23-11-5-3-10(4-6-11)15(20)22-2/h3-6H,7-9H2,1-2H3,(H,16,19). The number of nitrogens with one attached hydrogen (secondary N) is 1. The molecule has 0 radical (unpaired) electrons. The molecule has 0 saturated carbocycles. The van der Waals surface area contributed by atoms with Gasteiger partial charge in [-0.05, 0) is 24.3 Å². The number of rotatable bonds is 8. The lowest BCUT2D eigenvalue weighted by atomic mass is 10.2. The van der Waals surface area contributed by atoms with E-state index in [2.05, 4.69) is 20.2 Å². The molecule has 9 nitrogen and oxygen atoms in total. The Morgan fingerprint density at radius 3 is 2.62 bits per heavy atom. The summed E-state index contributed by atoms with van der Waals surface area (Å²) in [5.74, 6) is -0.315. The van der Waals surface area contributed by atoms with Gasteiger partial charge in [0.1, 0.15) is 5.75 Å². The molecule has 0 aliphatic heterocycles. The highest BCUT2D eigenvalue weighted by molar-refractivity contribution is 5.89. The summed E-state index contributed by atoms with van der Waals surface area (Å²) in [6.45, 7) is 0.750. The van der Waals surface area contributed by atoms with E-state index in [9.17, 15) is 9.59 Å². The molecular weight excluding hydrogens is 318 g/mol. The van der Waals surface area contributed by atoms with Crippen molar-refractivity contribution in [1.29, 1.82) is 0 Å². The lowest BCUT2D eigenvalue weighted by molar-refractivity contribution is 0.0600. The molecule has 0 saturated heterocycles. The summed E-state index contributed by atoms with van der Waals surface area (Å²) in [6.07, 6.45) is 0. The average molecular weight is 335 g/mol. The molecule has 1 aromatic heterocycles. The van der Waals surface area contributed by atoms with Crippen molar-refractivity contribution in [2.45, 2.75) is 6.61 Å². The van der Waals surface area contributed by atoms with Gasteiger partial charge in [0.15, 0.2) is 6.61 Å². The fraction of sp³-hybridized carbons (Fsp3) is 0.333. The van der Waals surface area contributed by atoms with Crippen LogP contribution in [0.2, 0.25) is 0 Å². The monoisotopic (exact) mass is 335 g/mol. The van der Waals surface area contributed by atoms with Crippen molar-refractivity contribution in [3.05, 3.63) is 41.5 Å². The number of carbonyl (C=O) groups is 2. The summed E-state index contributed by atoms with van der Waals surface area (Å²) in [5.41, 5.74) is 0.416. The van der Waals surface area contributed by atoms with Crippen LogP contribution in [-0.2, 0) is 16.1 Å². The smallest absolute Gasteiger partial charge is 0.337 e. The number of aromatic nitrogens is 2. The first-order chi connectivity index (χ1) is 11.6. The van der Waals surface area contributed by atoms with Gasteiger partial charge >= 0.3 is 17.8 Å². The van der Waals surface area contributed by atoms with E-state index in [1.54, 1.807) is 24.3 Å². The van der Waals surface area contributed by atoms with Crippen LogP contribution in [0.3, 0.4) is 0 Å². The highest BCUT2D eigenvalue weighted by Crippen LogP contribution is 2.14. The average Bonchev–Trinajstić information content (AvgIpc) is 3.09. The summed E-state index contributed by atoms with van der Waals surface area (Å²) in [6, 6.07) is 6.38. The minimum atomic E-state index is -0.478. The van der Waals surface area contributed by atoms with Gasteiger partial charge in [0.25, 0.3) is 0 Å². The van der Waals surface area contributed by atoms with Crippen molar-refractivity contribution in [3.63, 3.8) is 0 Å². The first kappa shape index (κ1) is 17.4. The van der Waals surface area contributed by atoms with E-state index in [0.717, 1.165) is 0 Å². The van der Waals surface area contributed by atoms with Gasteiger partial charge < -0.3 is 24.1 Å². The molecule has 1 amide bonds. The Bertz CT molecular complexity index is 683. The number of nitrogens with zero attached hydrogens (tertiary/aromatic N) is 2. The normalized spacial score (nSPS) is 10.2. The zero-order valence-corrected chi connectivity index (χ0v) is 13.3. The van der Waals surface area contributed by atoms with E-state index in [1.807, 2.05) is 0 Å². The Balaban J connectivity index is 1.86. The molecule has 0 aliphatic rings. The molecule has 2 aromatic rings. The van der Waals surface area contributed by atoms with Gasteiger partial charge in [-0.25, -0.2) is 4.79 Å². The summed E-state index contributed by atoms with van der Waals surface area (Å²) in [4.78, 5) is 26.9. The highest BCUT2D eigenvalue weighted by atomic mass is 16.5. The molecule has 2 rings (SSSR count). The van der Waals surface area contributed by atoms with Crippen molar-refractivity contribution >= 4 is 11.9 Å². The SMILES string of the molecule is COCCNC(=O)c1nc(COc2ccc(C(=O)OC)cc2)no1. The Morgan fingerprint density at radius 1 is 1.21 bits per heavy atom. The maximum absolute atomic E-state index is 11.7. The van der Waals surface area contributed by atoms with Crippen LogP contribution in [0, 0.1) is 0 Å². The Morgan fingerprint density at radius 2 is 1.96 bits per heavy atom. The molecule has 1 N–H and O–H groups in total. The number of methoxy groups -OCH3 is 2. The molecule has 1 heterocycles. The Kier molecular flexibility index (Phi) is 6.26. The fourth-order valence-corrected chi connectivity index (χ4v) is 1.70. The number of esters is 1. The summed E-state index contributed by atoms with van der Waals surface area (Å²) in [5, 5.41) is 6.23. The third-order valence-corrected chi connectivity index (χ3v) is 2.90. The molecule has 9 heteroatoms. The van der Waals surface area contributed by atoms with Gasteiger partial charge in [-0.15, -0.1) is 0 Å². The van der Waals surface area contributed by atoms with Crippen molar-refractivity contribution in [2.75, 3.05) is 27.4 Å². The summed E-state index contributed by atoms with van der Waals surface area (Å²) in [7, 11) is 2.85. The van der Waals surface area contributed by atoms with E-state index < -0.39 is 11.9 Å². The molecule has 0 fully saturated rings. The number of benzene rings is 1. The molecule has 0 unspecified atom stereocenters. The molecule has 0 atom stereocenters. The van der Waals surface area contributed by atoms with Gasteiger partial charge in [-0.3, -0.25) is 4.79 Å². The van der Waals surface area contributed by atoms with Gasteiger partial charge in [0.2, 0.25) is 5.82 Å². The van der Waals surface area contributed by atoms with Crippen LogP contribution < -0.4 is 10.1 Å². The summed E-state index contributed by atoms with van der Waals surface area (Å²) < 4.78 is 19.7. The quantitative estimate of drug-likeness (QED) is 0.557. The lowest BCUT2D eigenvalue weighted by Crippen LogP contribution is -2.27. The van der Waals surface area contributed by atoms with Crippen LogP contribution in [0.25, 0.3) is 0 Å². The second-order valence-electron chi connectivity index (χ2n) is 4.57. The number of hydrogen-bond donors (Lipinski definition) is 1. The zero-order valence-electron chi connectivity index (χ0n) is 13.3. The van der Waals surface area contributed by atoms with Crippen LogP contribution in [0.1, 0.15) is 26.9 Å². The Labute approximate surface area is 137 Å². The van der Waals surface area contributed by atoms with Gasteiger partial charge in [-0.1, -0.05) is 5.16 Å². The van der Waals surface area contributed by atoms with Gasteiger partial charge in [0, 0.05) is 13.7 Å². The molecular formula is C15H17N3O6. The molecule has 1 aromatic carbocycles. The second-order valence-corrected chi connectivity index (χ2v) is 4.57. The minimum Gasteiger partial charge on any atom is -0.485 e. The van der Waals surface area contributed by atoms with Crippen LogP contribution in [0.15, 0.2) is 28.8 Å². The molecule has 0 aliphatic carbocycles. The largest absolute Gasteiger partial charge is 0.485 e. The van der Waals surface area contributed by atoms with Crippen molar-refractivity contribution in [3.8, 4) is 5.75 Å². The van der Waals surface area contributed by atoms with Crippen LogP contribution in [0.4, 0.5) is 0 Å². The van der Waals surface area contributed by atoms with Crippen molar-refractivity contribution in [2.24, 2.45) is 0 Å². The number of carbonyl (C=O) groups excluding carboxylic acids is 2. The van der Waals surface area contributed by atoms with E-state index in [-0.39, 0.29) is 18.3 Å². The third kappa shape index (κ3) is 4.78. The predicted molar refractivity (Wildman–Crippen MR) is 80.6 cm³/mol. The maximum Gasteiger partial charge on any atom is 0.337 e. The van der Waals surface area contributed by atoms with E-state index >= 15 is 0 Å². The van der Waals surface area contributed by atoms with Crippen molar-refractivity contribution in [1.82, 2.24) is 15.5 Å². The molecule has 128 valence electrons. The van der Waals surface area contributed by atoms with Crippen molar-refractivity contribution < 1.29 is 28.3 Å². The van der Waals surface area contributed by atoms with Crippen LogP contribution in [-0.4, -0.2) is 49.4 Å². The lowest BCUT2D eigenvalue weighted by Gasteiger charge is -2.04. The van der Waals surface area contributed by atoms with E-state index in [4.69, 9.17) is 14.0 Å². The zero-order chi connectivity index (χ0) is 17.4. The molecule has 0 spiro atoms. The summed E-state index contributed by atoms with van der Waals surface area (Å²) >= 11 is 0. The highest BCUT2D eigenvalue weighted by Gasteiger charge is 2.15. The van der Waals surface area contributed by atoms with Gasteiger partial charge in [-0.2, -0.15) is 4.98 Å². The van der Waals surface area contributed by atoms with E-state index in [0.29, 0.717) is 24.5 Å². The third-order valence-electron chi connectivity index (χ3n) is 2.90. The number of ether oxygens (including phenoxy) is 3. The van der Waals surface area contributed by atoms with Crippen LogP contribution in [0.5, 0.6) is 5.75 Å². The fourth-order valence-electron chi connectivity index (χ4n) is 1.70. The first-order valence-electron chi connectivity index (χ1n) is 7.05. The topological polar surface area (TPSA) is 113 Å². The second kappa shape index (κ2) is 8.63. The minimum absolute atomic E-state index is 0.0203. The number of hydrogen-bond acceptors (Lipinski definition) is 8. The molecule has 0 bridgehead atoms.